The van der Waals surface area contributed by atoms with Crippen LogP contribution in [0.25, 0.3) is 0 Å². The fraction of sp³-hybridized carbons (Fsp3) is 0.429. The molecular formula is C21H28N8O2S. The molecule has 0 aliphatic carbocycles. The van der Waals surface area contributed by atoms with Crippen LogP contribution in [0.3, 0.4) is 0 Å². The number of sulfonamides is 1. The average molecular weight is 457 g/mol. The lowest BCUT2D eigenvalue weighted by Gasteiger charge is -2.25. The predicted octanol–water partition coefficient (Wildman–Crippen LogP) is 2.54. The highest BCUT2D eigenvalue weighted by molar-refractivity contribution is 7.89. The zero-order valence-electron chi connectivity index (χ0n) is 18.5. The number of para-hydroxylation sites is 1. The Balaban J connectivity index is 1.62. The molecule has 1 saturated heterocycles. The molecule has 0 unspecified atom stereocenters. The van der Waals surface area contributed by atoms with Crippen LogP contribution in [0.4, 0.5) is 17.6 Å². The van der Waals surface area contributed by atoms with E-state index < -0.39 is 10.0 Å². The van der Waals surface area contributed by atoms with E-state index in [1.54, 1.807) is 22.8 Å². The molecule has 2 aromatic heterocycles. The zero-order chi connectivity index (χ0) is 22.9. The van der Waals surface area contributed by atoms with Gasteiger partial charge in [0.2, 0.25) is 21.9 Å². The van der Waals surface area contributed by atoms with Crippen LogP contribution in [-0.2, 0) is 16.6 Å². The molecule has 0 radical (unpaired) electrons. The van der Waals surface area contributed by atoms with Crippen LogP contribution in [0.1, 0.15) is 42.0 Å². The number of aromatic nitrogens is 5. The van der Waals surface area contributed by atoms with Crippen LogP contribution < -0.4 is 11.1 Å². The molecule has 0 atom stereocenters. The van der Waals surface area contributed by atoms with Gasteiger partial charge in [-0.2, -0.15) is 24.4 Å². The van der Waals surface area contributed by atoms with Gasteiger partial charge in [0.05, 0.1) is 11.4 Å². The number of piperidine rings is 1. The Morgan fingerprint density at radius 2 is 1.75 bits per heavy atom. The summed E-state index contributed by atoms with van der Waals surface area (Å²) in [6.45, 7) is 6.72. The SMILES string of the molecule is Cc1ccccc1Nc1nc(N)nc(Cn2nc(C)c(S(=O)(=O)N3CCCCC3)c2C)n1. The maximum atomic E-state index is 13.2. The first-order chi connectivity index (χ1) is 15.3. The van der Waals surface area contributed by atoms with Gasteiger partial charge in [-0.1, -0.05) is 24.6 Å². The molecule has 4 rings (SSSR count). The lowest BCUT2D eigenvalue weighted by Crippen LogP contribution is -2.36. The number of anilines is 3. The highest BCUT2D eigenvalue weighted by atomic mass is 32.2. The third kappa shape index (κ3) is 4.44. The third-order valence-corrected chi connectivity index (χ3v) is 7.76. The van der Waals surface area contributed by atoms with Gasteiger partial charge in [0.25, 0.3) is 0 Å². The fourth-order valence-electron chi connectivity index (χ4n) is 3.97. The summed E-state index contributed by atoms with van der Waals surface area (Å²) in [7, 11) is -3.60. The summed E-state index contributed by atoms with van der Waals surface area (Å²) >= 11 is 0. The van der Waals surface area contributed by atoms with E-state index in [0.29, 0.717) is 36.3 Å². The maximum Gasteiger partial charge on any atom is 0.246 e. The van der Waals surface area contributed by atoms with Crippen molar-refractivity contribution in [2.24, 2.45) is 0 Å². The normalized spacial score (nSPS) is 15.1. The van der Waals surface area contributed by atoms with Crippen molar-refractivity contribution in [3.8, 4) is 0 Å². The van der Waals surface area contributed by atoms with Gasteiger partial charge in [-0.05, 0) is 45.2 Å². The number of nitrogens with two attached hydrogens (primary N) is 1. The molecule has 0 amide bonds. The largest absolute Gasteiger partial charge is 0.368 e. The van der Waals surface area contributed by atoms with Crippen molar-refractivity contribution in [3.63, 3.8) is 0 Å². The predicted molar refractivity (Wildman–Crippen MR) is 122 cm³/mol. The van der Waals surface area contributed by atoms with Gasteiger partial charge in [-0.25, -0.2) is 8.42 Å². The van der Waals surface area contributed by atoms with Gasteiger partial charge in [0, 0.05) is 18.8 Å². The number of rotatable bonds is 6. The Kier molecular flexibility index (Phi) is 6.11. The molecule has 170 valence electrons. The topological polar surface area (TPSA) is 132 Å². The van der Waals surface area contributed by atoms with Gasteiger partial charge >= 0.3 is 0 Å². The first-order valence-electron chi connectivity index (χ1n) is 10.6. The van der Waals surface area contributed by atoms with Gasteiger partial charge in [-0.3, -0.25) is 4.68 Å². The summed E-state index contributed by atoms with van der Waals surface area (Å²) < 4.78 is 29.6. The minimum atomic E-state index is -3.60. The van der Waals surface area contributed by atoms with E-state index in [2.05, 4.69) is 25.4 Å². The standard InChI is InChI=1S/C21H28N8O2S/c1-14-9-5-6-10-17(14)23-21-25-18(24-20(22)26-21)13-29-16(3)19(15(2)27-29)32(30,31)28-11-7-4-8-12-28/h5-6,9-10H,4,7-8,11-13H2,1-3H3,(H3,22,23,24,25,26). The van der Waals surface area contributed by atoms with E-state index >= 15 is 0 Å². The number of aryl methyl sites for hydroxylation is 2. The molecule has 0 saturated carbocycles. The summed E-state index contributed by atoms with van der Waals surface area (Å²) in [5, 5.41) is 7.64. The summed E-state index contributed by atoms with van der Waals surface area (Å²) in [5.41, 5.74) is 8.84. The Hall–Kier alpha value is -3.05. The lowest BCUT2D eigenvalue weighted by molar-refractivity contribution is 0.346. The van der Waals surface area contributed by atoms with Crippen LogP contribution >= 0.6 is 0 Å². The van der Waals surface area contributed by atoms with Gasteiger partial charge < -0.3 is 11.1 Å². The minimum Gasteiger partial charge on any atom is -0.368 e. The van der Waals surface area contributed by atoms with Crippen molar-refractivity contribution in [1.82, 2.24) is 29.0 Å². The molecule has 1 fully saturated rings. The average Bonchev–Trinajstić information content (AvgIpc) is 3.03. The molecule has 11 heteroatoms. The highest BCUT2D eigenvalue weighted by Gasteiger charge is 2.31. The minimum absolute atomic E-state index is 0.0776. The molecule has 1 aromatic carbocycles. The Bertz CT molecular complexity index is 1230. The Morgan fingerprint density at radius 3 is 2.47 bits per heavy atom. The quantitative estimate of drug-likeness (QED) is 0.578. The van der Waals surface area contributed by atoms with Gasteiger partial charge in [-0.15, -0.1) is 0 Å². The molecular weight excluding hydrogens is 428 g/mol. The molecule has 1 aliphatic heterocycles. The molecule has 3 N–H and O–H groups in total. The molecule has 1 aliphatic rings. The fourth-order valence-corrected chi connectivity index (χ4v) is 5.86. The first-order valence-corrected chi connectivity index (χ1v) is 12.1. The number of nitrogen functional groups attached to an aromatic ring is 1. The van der Waals surface area contributed by atoms with Crippen molar-refractivity contribution in [2.75, 3.05) is 24.1 Å². The van der Waals surface area contributed by atoms with Crippen molar-refractivity contribution < 1.29 is 8.42 Å². The maximum absolute atomic E-state index is 13.2. The lowest BCUT2D eigenvalue weighted by atomic mass is 10.2. The van der Waals surface area contributed by atoms with Crippen LogP contribution in [0, 0.1) is 20.8 Å². The Labute approximate surface area is 188 Å². The van der Waals surface area contributed by atoms with E-state index in [1.807, 2.05) is 31.2 Å². The first kappa shape index (κ1) is 22.2. The van der Waals surface area contributed by atoms with Crippen molar-refractivity contribution in [3.05, 3.63) is 47.0 Å². The van der Waals surface area contributed by atoms with Crippen LogP contribution in [0.2, 0.25) is 0 Å². The molecule has 0 bridgehead atoms. The molecule has 0 spiro atoms. The summed E-state index contributed by atoms with van der Waals surface area (Å²) in [6, 6.07) is 7.77. The van der Waals surface area contributed by atoms with E-state index in [0.717, 1.165) is 30.5 Å². The highest BCUT2D eigenvalue weighted by Crippen LogP contribution is 2.26. The van der Waals surface area contributed by atoms with Crippen molar-refractivity contribution in [1.29, 1.82) is 0 Å². The van der Waals surface area contributed by atoms with E-state index in [1.165, 1.54) is 0 Å². The molecule has 32 heavy (non-hydrogen) atoms. The second-order valence-corrected chi connectivity index (χ2v) is 9.87. The number of benzene rings is 1. The number of nitrogens with one attached hydrogen (secondary N) is 1. The molecule has 3 aromatic rings. The van der Waals surface area contributed by atoms with E-state index in [4.69, 9.17) is 5.73 Å². The van der Waals surface area contributed by atoms with Crippen molar-refractivity contribution >= 4 is 27.6 Å². The monoisotopic (exact) mass is 456 g/mol. The summed E-state index contributed by atoms with van der Waals surface area (Å²) in [6.07, 6.45) is 2.82. The molecule has 3 heterocycles. The molecule has 10 nitrogen and oxygen atoms in total. The van der Waals surface area contributed by atoms with Crippen LogP contribution in [0.5, 0.6) is 0 Å². The third-order valence-electron chi connectivity index (χ3n) is 5.61. The summed E-state index contributed by atoms with van der Waals surface area (Å²) in [5.74, 6) is 0.791. The number of nitrogens with zero attached hydrogens (tertiary/aromatic N) is 6. The Morgan fingerprint density at radius 1 is 1.03 bits per heavy atom. The van der Waals surface area contributed by atoms with Crippen molar-refractivity contribution in [2.45, 2.75) is 51.5 Å². The number of hydrogen-bond acceptors (Lipinski definition) is 8. The van der Waals surface area contributed by atoms with Crippen LogP contribution in [-0.4, -0.2) is 50.5 Å². The second kappa shape index (κ2) is 8.83. The van der Waals surface area contributed by atoms with Gasteiger partial charge in [0.15, 0.2) is 5.82 Å². The smallest absolute Gasteiger partial charge is 0.246 e. The summed E-state index contributed by atoms with van der Waals surface area (Å²) in [4.78, 5) is 13.1. The van der Waals surface area contributed by atoms with Crippen LogP contribution in [0.15, 0.2) is 29.2 Å². The van der Waals surface area contributed by atoms with E-state index in [-0.39, 0.29) is 17.4 Å². The van der Waals surface area contributed by atoms with E-state index in [9.17, 15) is 8.42 Å². The zero-order valence-corrected chi connectivity index (χ0v) is 19.4. The number of hydrogen-bond donors (Lipinski definition) is 2. The van der Waals surface area contributed by atoms with Gasteiger partial charge in [0.1, 0.15) is 11.4 Å². The second-order valence-electron chi connectivity index (χ2n) is 8.00.